The molecule has 2 N–H and O–H groups in total. The minimum Gasteiger partial charge on any atom is -0.478 e. The monoisotopic (exact) mass is 500 g/mol. The Hall–Kier alpha value is -2.58. The topological polar surface area (TPSA) is 110 Å². The SMILES string of the molecule is CC(=O)O[C@H]1C(=O)[C@]2(C)C(F)C[C@H]3OC[C@H]3C23C[C@]2(O)CCC(C)=C1[C@]32C.O=C(O)c1ccccc1. The van der Waals surface area contributed by atoms with Gasteiger partial charge in [0.1, 0.15) is 6.17 Å². The van der Waals surface area contributed by atoms with Crippen LogP contribution in [-0.2, 0) is 19.1 Å². The Morgan fingerprint density at radius 3 is 2.39 bits per heavy atom. The van der Waals surface area contributed by atoms with Crippen LogP contribution in [-0.4, -0.2) is 58.5 Å². The molecule has 0 aromatic heterocycles. The summed E-state index contributed by atoms with van der Waals surface area (Å²) in [5.74, 6) is -1.73. The van der Waals surface area contributed by atoms with Gasteiger partial charge in [0.25, 0.3) is 0 Å². The van der Waals surface area contributed by atoms with E-state index >= 15 is 4.39 Å². The number of allylic oxidation sites excluding steroid dienone is 1. The minimum atomic E-state index is -1.38. The number of halogens is 1. The first-order valence-electron chi connectivity index (χ1n) is 12.5. The molecule has 7 nitrogen and oxygen atoms in total. The number of carbonyl (C=O) groups excluding carboxylic acids is 2. The number of aliphatic hydroxyl groups is 1. The van der Waals surface area contributed by atoms with Crippen LogP contribution >= 0.6 is 0 Å². The van der Waals surface area contributed by atoms with Gasteiger partial charge in [-0.2, -0.15) is 0 Å². The number of rotatable bonds is 2. The summed E-state index contributed by atoms with van der Waals surface area (Å²) in [5.41, 5.74) is -1.74. The molecule has 6 rings (SSSR count). The Kier molecular flexibility index (Phi) is 5.54. The summed E-state index contributed by atoms with van der Waals surface area (Å²) in [6, 6.07) is 8.30. The second-order valence-electron chi connectivity index (χ2n) is 11.4. The van der Waals surface area contributed by atoms with E-state index in [2.05, 4.69) is 0 Å². The molecule has 1 spiro atoms. The zero-order valence-electron chi connectivity index (χ0n) is 21.0. The van der Waals surface area contributed by atoms with E-state index in [1.807, 2.05) is 13.8 Å². The molecular weight excluding hydrogens is 467 g/mol. The molecule has 1 aromatic rings. The average molecular weight is 501 g/mol. The summed E-state index contributed by atoms with van der Waals surface area (Å²) in [5, 5.41) is 19.9. The molecule has 5 aliphatic rings. The van der Waals surface area contributed by atoms with Crippen molar-refractivity contribution in [3.05, 3.63) is 47.0 Å². The van der Waals surface area contributed by atoms with E-state index in [1.165, 1.54) is 6.92 Å². The zero-order valence-corrected chi connectivity index (χ0v) is 21.0. The first-order chi connectivity index (χ1) is 16.8. The summed E-state index contributed by atoms with van der Waals surface area (Å²) in [6.45, 7) is 7.40. The second kappa shape index (κ2) is 7.96. The fraction of sp³-hybridized carbons (Fsp3) is 0.607. The van der Waals surface area contributed by atoms with E-state index < -0.39 is 46.1 Å². The van der Waals surface area contributed by atoms with Gasteiger partial charge in [0, 0.05) is 30.1 Å². The lowest BCUT2D eigenvalue weighted by atomic mass is 9.23. The first-order valence-corrected chi connectivity index (χ1v) is 12.5. The highest BCUT2D eigenvalue weighted by Crippen LogP contribution is 2.84. The number of fused-ring (bicyclic) bond motifs is 1. The number of hydrogen-bond donors (Lipinski definition) is 2. The largest absolute Gasteiger partial charge is 0.478 e. The van der Waals surface area contributed by atoms with Gasteiger partial charge in [-0.15, -0.1) is 0 Å². The van der Waals surface area contributed by atoms with E-state index in [4.69, 9.17) is 14.6 Å². The number of benzene rings is 1. The predicted octanol–water partition coefficient (Wildman–Crippen LogP) is 3.89. The average Bonchev–Trinajstić information content (AvgIpc) is 2.81. The highest BCUT2D eigenvalue weighted by Gasteiger charge is 2.88. The smallest absolute Gasteiger partial charge is 0.335 e. The third-order valence-corrected chi connectivity index (χ3v) is 10.2. The molecule has 4 aliphatic carbocycles. The molecule has 1 saturated heterocycles. The molecule has 36 heavy (non-hydrogen) atoms. The van der Waals surface area contributed by atoms with Crippen LogP contribution in [0.2, 0.25) is 0 Å². The second-order valence-corrected chi connectivity index (χ2v) is 11.4. The maximum Gasteiger partial charge on any atom is 0.335 e. The van der Waals surface area contributed by atoms with Gasteiger partial charge in [0.2, 0.25) is 0 Å². The number of aromatic carboxylic acids is 1. The van der Waals surface area contributed by atoms with Crippen molar-refractivity contribution in [2.75, 3.05) is 6.61 Å². The molecule has 2 unspecified atom stereocenters. The molecule has 0 amide bonds. The number of ketones is 1. The predicted molar refractivity (Wildman–Crippen MR) is 127 cm³/mol. The fourth-order valence-electron chi connectivity index (χ4n) is 8.36. The van der Waals surface area contributed by atoms with Crippen LogP contribution in [0, 0.1) is 22.2 Å². The molecular formula is C28H33FO7. The van der Waals surface area contributed by atoms with Gasteiger partial charge in [0.15, 0.2) is 11.9 Å². The van der Waals surface area contributed by atoms with Crippen molar-refractivity contribution in [2.45, 2.75) is 77.4 Å². The van der Waals surface area contributed by atoms with Crippen molar-refractivity contribution in [3.8, 4) is 0 Å². The van der Waals surface area contributed by atoms with Crippen molar-refractivity contribution in [2.24, 2.45) is 22.2 Å². The molecule has 0 radical (unpaired) electrons. The van der Waals surface area contributed by atoms with Crippen LogP contribution in [0.1, 0.15) is 63.7 Å². The maximum absolute atomic E-state index is 15.6. The summed E-state index contributed by atoms with van der Waals surface area (Å²) < 4.78 is 26.8. The lowest BCUT2D eigenvalue weighted by molar-refractivity contribution is -0.380. The van der Waals surface area contributed by atoms with Gasteiger partial charge in [-0.05, 0) is 50.8 Å². The summed E-state index contributed by atoms with van der Waals surface area (Å²) >= 11 is 0. The van der Waals surface area contributed by atoms with Crippen LogP contribution in [0.4, 0.5) is 4.39 Å². The van der Waals surface area contributed by atoms with Crippen molar-refractivity contribution in [1.29, 1.82) is 0 Å². The highest BCUT2D eigenvalue weighted by atomic mass is 19.1. The number of ether oxygens (including phenoxy) is 2. The molecule has 8 atom stereocenters. The van der Waals surface area contributed by atoms with Gasteiger partial charge in [0.05, 0.1) is 29.3 Å². The van der Waals surface area contributed by atoms with Crippen LogP contribution < -0.4 is 0 Å². The molecule has 8 heteroatoms. The summed E-state index contributed by atoms with van der Waals surface area (Å²) in [6.07, 6.45) is -0.837. The number of carboxylic acids is 1. The van der Waals surface area contributed by atoms with Crippen LogP contribution in [0.15, 0.2) is 41.5 Å². The summed E-state index contributed by atoms with van der Waals surface area (Å²) in [7, 11) is 0. The minimum absolute atomic E-state index is 0.0444. The molecule has 1 aliphatic heterocycles. The normalized spacial score (nSPS) is 43.9. The van der Waals surface area contributed by atoms with E-state index in [0.717, 1.165) is 11.1 Å². The maximum atomic E-state index is 15.6. The van der Waals surface area contributed by atoms with Gasteiger partial charge in [-0.1, -0.05) is 30.7 Å². The third kappa shape index (κ3) is 2.83. The Morgan fingerprint density at radius 1 is 1.19 bits per heavy atom. The number of carbonyl (C=O) groups is 3. The van der Waals surface area contributed by atoms with E-state index in [0.29, 0.717) is 31.4 Å². The Morgan fingerprint density at radius 2 is 1.86 bits per heavy atom. The quantitative estimate of drug-likeness (QED) is 0.468. The standard InChI is InChI=1S/C21H27FO5.C7H6O2/c1-10-5-6-20(25)9-21-12-8-26-13(12)7-14(22)18(21,3)17(24)16(27-11(2)23)15(10)19(20,21)4;8-7(9)6-4-2-1-3-5-6/h12-14,16,25H,5-9H2,1-4H3;1-5H,(H,8,9)/t12-,13-,14?,16-,18+,19+,20-,21?;/m1./s1. The van der Waals surface area contributed by atoms with Crippen LogP contribution in [0.5, 0.6) is 0 Å². The van der Waals surface area contributed by atoms with Crippen molar-refractivity contribution >= 4 is 17.7 Å². The van der Waals surface area contributed by atoms with Crippen LogP contribution in [0.25, 0.3) is 0 Å². The van der Waals surface area contributed by atoms with Crippen molar-refractivity contribution < 1.29 is 38.5 Å². The number of esters is 1. The number of alkyl halides is 1. The van der Waals surface area contributed by atoms with Crippen molar-refractivity contribution in [3.63, 3.8) is 0 Å². The van der Waals surface area contributed by atoms with E-state index in [9.17, 15) is 19.5 Å². The number of carboxylic acid groups (broad SMARTS) is 1. The molecule has 194 valence electrons. The highest BCUT2D eigenvalue weighted by molar-refractivity contribution is 5.97. The fourth-order valence-corrected chi connectivity index (χ4v) is 8.36. The Balaban J connectivity index is 0.000000252. The molecule has 3 saturated carbocycles. The summed E-state index contributed by atoms with van der Waals surface area (Å²) in [4.78, 5) is 35.7. The first kappa shape index (κ1) is 25.1. The lowest BCUT2D eigenvalue weighted by Gasteiger charge is -2.82. The Bertz CT molecular complexity index is 1160. The Labute approximate surface area is 209 Å². The van der Waals surface area contributed by atoms with E-state index in [1.54, 1.807) is 37.3 Å². The van der Waals surface area contributed by atoms with E-state index in [-0.39, 0.29) is 24.2 Å². The van der Waals surface area contributed by atoms with Crippen molar-refractivity contribution in [1.82, 2.24) is 0 Å². The number of Topliss-reactive ketones (excluding diaryl/α,β-unsaturated/α-hetero) is 1. The number of hydrogen-bond acceptors (Lipinski definition) is 6. The zero-order chi connectivity index (χ0) is 26.3. The van der Waals surface area contributed by atoms with Crippen LogP contribution in [0.3, 0.4) is 0 Å². The lowest BCUT2D eigenvalue weighted by Crippen LogP contribution is -2.87. The molecule has 1 aromatic carbocycles. The van der Waals surface area contributed by atoms with Gasteiger partial charge >= 0.3 is 11.9 Å². The van der Waals surface area contributed by atoms with Gasteiger partial charge < -0.3 is 19.7 Å². The molecule has 4 fully saturated rings. The van der Waals surface area contributed by atoms with Gasteiger partial charge in [-0.3, -0.25) is 9.59 Å². The van der Waals surface area contributed by atoms with Gasteiger partial charge in [-0.25, -0.2) is 9.18 Å². The molecule has 1 heterocycles. The third-order valence-electron chi connectivity index (χ3n) is 10.2. The molecule has 0 bridgehead atoms.